The van der Waals surface area contributed by atoms with E-state index < -0.39 is 31.4 Å². The van der Waals surface area contributed by atoms with Crippen LogP contribution in [-0.2, 0) is 16.6 Å². The number of para-hydroxylation sites is 1. The van der Waals surface area contributed by atoms with Crippen LogP contribution in [0.15, 0.2) is 113 Å². The zero-order chi connectivity index (χ0) is 30.4. The summed E-state index contributed by atoms with van der Waals surface area (Å²) >= 11 is 1.58. The van der Waals surface area contributed by atoms with Gasteiger partial charge in [-0.25, -0.2) is 18.1 Å². The molecule has 5 aromatic rings. The van der Waals surface area contributed by atoms with Gasteiger partial charge in [-0.2, -0.15) is 0 Å². The lowest BCUT2D eigenvalue weighted by Crippen LogP contribution is -2.30. The first-order valence-electron chi connectivity index (χ1n) is 13.1. The quantitative estimate of drug-likeness (QED) is 0.0744. The molecule has 0 radical (unpaired) electrons. The average Bonchev–Trinajstić information content (AvgIpc) is 3.02. The number of aromatic nitrogens is 1. The van der Waals surface area contributed by atoms with Crippen molar-refractivity contribution in [2.24, 2.45) is 0 Å². The van der Waals surface area contributed by atoms with Crippen LogP contribution in [0.3, 0.4) is 0 Å². The van der Waals surface area contributed by atoms with Crippen molar-refractivity contribution in [3.63, 3.8) is 0 Å². The van der Waals surface area contributed by atoms with Gasteiger partial charge in [-0.15, -0.1) is 11.8 Å². The first-order chi connectivity index (χ1) is 20.7. The number of sulfonamides is 1. The summed E-state index contributed by atoms with van der Waals surface area (Å²) in [6.07, 6.45) is 0. The van der Waals surface area contributed by atoms with Crippen molar-refractivity contribution in [1.29, 1.82) is 0 Å². The molecule has 10 nitrogen and oxygen atoms in total. The molecule has 1 heterocycles. The van der Waals surface area contributed by atoms with E-state index in [1.165, 1.54) is 24.3 Å². The number of amides is 1. The molecule has 12 heteroatoms. The number of aliphatic hydroxyl groups is 1. The van der Waals surface area contributed by atoms with Crippen LogP contribution in [0.2, 0.25) is 0 Å². The summed E-state index contributed by atoms with van der Waals surface area (Å²) in [6.45, 7) is 0.213. The molecule has 0 saturated carbocycles. The molecular weight excluding hydrogens is 588 g/mol. The lowest BCUT2D eigenvalue weighted by molar-refractivity contribution is -0.384. The Hall–Kier alpha value is -4.78. The molecule has 0 spiro atoms. The first-order valence-corrected chi connectivity index (χ1v) is 15.6. The third-order valence-corrected chi connectivity index (χ3v) is 8.87. The molecule has 0 aliphatic carbocycles. The molecule has 4 aromatic carbocycles. The van der Waals surface area contributed by atoms with E-state index in [2.05, 4.69) is 10.3 Å². The Morgan fingerprint density at radius 1 is 0.930 bits per heavy atom. The number of carbonyl (C=O) groups is 1. The van der Waals surface area contributed by atoms with Crippen LogP contribution < -0.4 is 10.0 Å². The number of nitro benzene ring substituents is 1. The lowest BCUT2D eigenvalue weighted by atomic mass is 10.0. The molecular formula is C31H26N4O6S2. The van der Waals surface area contributed by atoms with Crippen LogP contribution in [0.5, 0.6) is 0 Å². The highest BCUT2D eigenvalue weighted by atomic mass is 32.2. The summed E-state index contributed by atoms with van der Waals surface area (Å²) in [5, 5.41) is 25.1. The van der Waals surface area contributed by atoms with Gasteiger partial charge in [-0.05, 0) is 48.0 Å². The molecule has 3 N–H and O–H groups in total. The number of pyridine rings is 1. The summed E-state index contributed by atoms with van der Waals surface area (Å²) in [5.74, 6) is -0.246. The number of fused-ring (bicyclic) bond motifs is 1. The minimum atomic E-state index is -4.41. The highest BCUT2D eigenvalue weighted by Gasteiger charge is 2.24. The van der Waals surface area contributed by atoms with Gasteiger partial charge in [0.1, 0.15) is 5.69 Å². The predicted octanol–water partition coefficient (Wildman–Crippen LogP) is 5.63. The summed E-state index contributed by atoms with van der Waals surface area (Å²) in [4.78, 5) is 29.1. The zero-order valence-corrected chi connectivity index (χ0v) is 24.3. The third kappa shape index (κ3) is 7.00. The second kappa shape index (κ2) is 13.0. The van der Waals surface area contributed by atoms with Gasteiger partial charge >= 0.3 is 0 Å². The fourth-order valence-electron chi connectivity index (χ4n) is 4.40. The van der Waals surface area contributed by atoms with E-state index >= 15 is 0 Å². The number of hydrogen-bond donors (Lipinski definition) is 3. The molecule has 5 rings (SSSR count). The Labute approximate surface area is 252 Å². The Morgan fingerprint density at radius 3 is 2.42 bits per heavy atom. The van der Waals surface area contributed by atoms with E-state index in [1.54, 1.807) is 30.0 Å². The molecule has 0 aliphatic heterocycles. The Balaban J connectivity index is 1.28. The Kier molecular flexibility index (Phi) is 9.00. The molecule has 0 aliphatic rings. The van der Waals surface area contributed by atoms with Gasteiger partial charge in [0.15, 0.2) is 0 Å². The van der Waals surface area contributed by atoms with Crippen LogP contribution in [0.25, 0.3) is 22.0 Å². The highest BCUT2D eigenvalue weighted by molar-refractivity contribution is 7.99. The van der Waals surface area contributed by atoms with E-state index in [1.807, 2.05) is 59.3 Å². The minimum Gasteiger partial charge on any atom is -0.390 e. The van der Waals surface area contributed by atoms with E-state index in [9.17, 15) is 28.4 Å². The van der Waals surface area contributed by atoms with Gasteiger partial charge < -0.3 is 10.4 Å². The summed E-state index contributed by atoms with van der Waals surface area (Å²) in [7, 11) is -4.41. The molecule has 1 aromatic heterocycles. The Morgan fingerprint density at radius 2 is 1.70 bits per heavy atom. The molecule has 0 unspecified atom stereocenters. The van der Waals surface area contributed by atoms with Gasteiger partial charge in [-0.1, -0.05) is 54.6 Å². The van der Waals surface area contributed by atoms with Crippen LogP contribution in [0.1, 0.15) is 16.1 Å². The maximum absolute atomic E-state index is 13.0. The van der Waals surface area contributed by atoms with Gasteiger partial charge in [-0.3, -0.25) is 14.9 Å². The standard InChI is InChI=1S/C31H26N4O6S2/c36-20-24-14-13-22-5-4-8-27(30(22)33-24)21-9-11-23(12-10-21)31(37)34-43(40,41)26-15-16-28(29(19-26)35(38)39)32-17-18-42-25-6-2-1-3-7-25/h1-16,19,32,36H,17-18,20H2,(H,34,37). The third-order valence-electron chi connectivity index (χ3n) is 6.53. The molecule has 1 amide bonds. The maximum Gasteiger partial charge on any atom is 0.293 e. The number of nitro groups is 1. The van der Waals surface area contributed by atoms with E-state index in [0.717, 1.165) is 27.5 Å². The maximum atomic E-state index is 13.0. The fraction of sp³-hybridized carbons (Fsp3) is 0.0968. The largest absolute Gasteiger partial charge is 0.390 e. The number of anilines is 1. The van der Waals surface area contributed by atoms with Crippen molar-refractivity contribution in [3.8, 4) is 11.1 Å². The SMILES string of the molecule is O=C(NS(=O)(=O)c1ccc(NCCSc2ccccc2)c([N+](=O)[O-])c1)c1ccc(-c2cccc3ccc(CO)nc23)cc1. The van der Waals surface area contributed by atoms with Crippen LogP contribution in [0.4, 0.5) is 11.4 Å². The van der Waals surface area contributed by atoms with Gasteiger partial charge in [0.25, 0.3) is 21.6 Å². The van der Waals surface area contributed by atoms with Gasteiger partial charge in [0.2, 0.25) is 0 Å². The molecule has 0 bridgehead atoms. The van der Waals surface area contributed by atoms with E-state index in [4.69, 9.17) is 0 Å². The van der Waals surface area contributed by atoms with E-state index in [0.29, 0.717) is 23.5 Å². The van der Waals surface area contributed by atoms with Crippen LogP contribution >= 0.6 is 11.8 Å². The number of nitrogens with one attached hydrogen (secondary N) is 2. The number of thioether (sulfide) groups is 1. The predicted molar refractivity (Wildman–Crippen MR) is 167 cm³/mol. The summed E-state index contributed by atoms with van der Waals surface area (Å²) in [5.41, 5.74) is 2.57. The number of benzene rings is 4. The van der Waals surface area contributed by atoms with Crippen molar-refractivity contribution in [2.75, 3.05) is 17.6 Å². The summed E-state index contributed by atoms with van der Waals surface area (Å²) < 4.78 is 28.0. The van der Waals surface area contributed by atoms with E-state index in [-0.39, 0.29) is 17.9 Å². The zero-order valence-electron chi connectivity index (χ0n) is 22.6. The number of aliphatic hydroxyl groups excluding tert-OH is 1. The lowest BCUT2D eigenvalue weighted by Gasteiger charge is -2.11. The number of hydrogen-bond acceptors (Lipinski definition) is 9. The molecule has 0 saturated heterocycles. The normalized spacial score (nSPS) is 11.3. The van der Waals surface area contributed by atoms with Gasteiger partial charge in [0.05, 0.1) is 27.6 Å². The van der Waals surface area contributed by atoms with Crippen molar-refractivity contribution in [2.45, 2.75) is 16.4 Å². The fourth-order valence-corrected chi connectivity index (χ4v) is 6.18. The second-order valence-corrected chi connectivity index (χ2v) is 12.2. The van der Waals surface area contributed by atoms with Crippen molar-refractivity contribution >= 4 is 50.0 Å². The Bertz CT molecular complexity index is 1900. The van der Waals surface area contributed by atoms with Crippen LogP contribution in [0, 0.1) is 10.1 Å². The molecule has 218 valence electrons. The number of rotatable bonds is 11. The first kappa shape index (κ1) is 29.7. The molecule has 0 atom stereocenters. The monoisotopic (exact) mass is 614 g/mol. The second-order valence-electron chi connectivity index (χ2n) is 9.37. The summed E-state index contributed by atoms with van der Waals surface area (Å²) in [6, 6.07) is 28.7. The van der Waals surface area contributed by atoms with Gasteiger partial charge in [0, 0.05) is 39.8 Å². The molecule has 43 heavy (non-hydrogen) atoms. The highest BCUT2D eigenvalue weighted by Crippen LogP contribution is 2.30. The smallest absolute Gasteiger partial charge is 0.293 e. The molecule has 0 fully saturated rings. The number of nitrogens with zero attached hydrogens (tertiary/aromatic N) is 2. The average molecular weight is 615 g/mol. The number of carbonyl (C=O) groups excluding carboxylic acids is 1. The van der Waals surface area contributed by atoms with Crippen molar-refractivity contribution in [1.82, 2.24) is 9.71 Å². The van der Waals surface area contributed by atoms with Crippen LogP contribution in [-0.4, -0.2) is 41.6 Å². The van der Waals surface area contributed by atoms with Crippen molar-refractivity contribution < 1.29 is 23.2 Å². The van der Waals surface area contributed by atoms with Crippen molar-refractivity contribution in [3.05, 3.63) is 124 Å². The minimum absolute atomic E-state index is 0.0836. The topological polar surface area (TPSA) is 152 Å².